The van der Waals surface area contributed by atoms with E-state index in [0.29, 0.717) is 0 Å². The van der Waals surface area contributed by atoms with Crippen LogP contribution in [-0.2, 0) is 0 Å². The van der Waals surface area contributed by atoms with Crippen molar-refractivity contribution in [1.82, 2.24) is 0 Å². The highest BCUT2D eigenvalue weighted by Crippen LogP contribution is 2.52. The molecule has 0 spiro atoms. The van der Waals surface area contributed by atoms with Crippen LogP contribution in [0.2, 0.25) is 0 Å². The fourth-order valence-electron chi connectivity index (χ4n) is 2.44. The summed E-state index contributed by atoms with van der Waals surface area (Å²) in [5, 5.41) is 0. The molecule has 23 heavy (non-hydrogen) atoms. The Morgan fingerprint density at radius 3 is 1.17 bits per heavy atom. The highest BCUT2D eigenvalue weighted by atomic mass is 32.2. The first-order valence-electron chi connectivity index (χ1n) is 7.11. The Morgan fingerprint density at radius 2 is 0.826 bits per heavy atom. The quantitative estimate of drug-likeness (QED) is 0.537. The van der Waals surface area contributed by atoms with E-state index in [1.165, 1.54) is 28.1 Å². The van der Waals surface area contributed by atoms with E-state index in [2.05, 4.69) is 60.7 Å². The Morgan fingerprint density at radius 1 is 0.478 bits per heavy atom. The van der Waals surface area contributed by atoms with E-state index in [9.17, 15) is 0 Å². The number of benzene rings is 2. The topological polar surface area (TPSA) is 13.1 Å². The van der Waals surface area contributed by atoms with Crippen LogP contribution in [0.25, 0.3) is 8.47 Å². The Hall–Kier alpha value is -1.14. The van der Waals surface area contributed by atoms with Crippen molar-refractivity contribution in [2.45, 2.75) is 19.6 Å². The first-order valence-corrected chi connectivity index (χ1v) is 10.4. The largest absolute Gasteiger partial charge is 0.454 e. The Labute approximate surface area is 150 Å². The summed E-state index contributed by atoms with van der Waals surface area (Å²) in [6.07, 6.45) is 0. The molecule has 0 fully saturated rings. The fraction of sp³-hybridized carbons (Fsp3) is 0. The summed E-state index contributed by atoms with van der Waals surface area (Å²) >= 11 is 7.18. The zero-order chi connectivity index (χ0) is 15.2. The summed E-state index contributed by atoms with van der Waals surface area (Å²) in [6, 6.07) is 21.2. The van der Waals surface area contributed by atoms with Gasteiger partial charge in [0.1, 0.15) is 10.8 Å². The third-order valence-electron chi connectivity index (χ3n) is 3.52. The van der Waals surface area contributed by atoms with Gasteiger partial charge < -0.3 is 4.42 Å². The van der Waals surface area contributed by atoms with Crippen LogP contribution < -0.4 is 10.8 Å². The van der Waals surface area contributed by atoms with Gasteiger partial charge in [-0.15, -0.1) is 0 Å². The molecule has 2 aliphatic rings. The maximum atomic E-state index is 6.16. The van der Waals surface area contributed by atoms with Gasteiger partial charge in [0, 0.05) is 19.6 Å². The van der Waals surface area contributed by atoms with Crippen LogP contribution in [0.4, 0.5) is 0 Å². The molecule has 5 rings (SSSR count). The number of furan rings is 1. The fourth-order valence-corrected chi connectivity index (χ4v) is 7.25. The van der Waals surface area contributed by atoms with Gasteiger partial charge in [-0.2, -0.15) is 0 Å². The van der Waals surface area contributed by atoms with Gasteiger partial charge >= 0.3 is 0 Å². The molecule has 0 bridgehead atoms. The molecule has 0 atom stereocenters. The second-order valence-corrected chi connectivity index (χ2v) is 9.77. The molecule has 3 aromatic rings. The molecule has 1 aromatic heterocycles. The minimum Gasteiger partial charge on any atom is -0.454 e. The molecule has 1 nitrogen and oxygen atoms in total. The van der Waals surface area contributed by atoms with Gasteiger partial charge in [0.05, 0.1) is 8.47 Å². The van der Waals surface area contributed by atoms with E-state index in [1.54, 1.807) is 47.0 Å². The number of thioether (sulfide) groups is 4. The highest BCUT2D eigenvalue weighted by Gasteiger charge is 2.20. The van der Waals surface area contributed by atoms with Gasteiger partial charge in [0.15, 0.2) is 0 Å². The van der Waals surface area contributed by atoms with Crippen molar-refractivity contribution in [2.75, 3.05) is 0 Å². The lowest BCUT2D eigenvalue weighted by molar-refractivity contribution is 0.503. The maximum Gasteiger partial charge on any atom is 0.148 e. The number of hydrogen-bond donors (Lipinski definition) is 0. The zero-order valence-electron chi connectivity index (χ0n) is 11.8. The second-order valence-electron chi connectivity index (χ2n) is 5.04. The minimum atomic E-state index is 0.968. The van der Waals surface area contributed by atoms with Crippen LogP contribution in [0.5, 0.6) is 0 Å². The lowest BCUT2D eigenvalue weighted by atomic mass is 10.4. The molecule has 0 radical (unpaired) electrons. The molecule has 2 aromatic carbocycles. The van der Waals surface area contributed by atoms with E-state index >= 15 is 0 Å². The third kappa shape index (κ3) is 2.56. The predicted molar refractivity (Wildman–Crippen MR) is 101 cm³/mol. The van der Waals surface area contributed by atoms with Crippen molar-refractivity contribution >= 4 is 55.5 Å². The van der Waals surface area contributed by atoms with E-state index in [1.807, 2.05) is 0 Å². The lowest BCUT2D eigenvalue weighted by Gasteiger charge is -1.90. The van der Waals surface area contributed by atoms with Crippen molar-refractivity contribution in [1.29, 1.82) is 0 Å². The first kappa shape index (κ1) is 14.2. The summed E-state index contributed by atoms with van der Waals surface area (Å²) in [4.78, 5) is 5.26. The molecule has 0 saturated heterocycles. The Bertz CT molecular complexity index is 899. The molecule has 0 N–H and O–H groups in total. The average molecular weight is 371 g/mol. The van der Waals surface area contributed by atoms with Crippen molar-refractivity contribution in [2.24, 2.45) is 0 Å². The van der Waals surface area contributed by atoms with Crippen LogP contribution in [0.15, 0.2) is 84.7 Å². The van der Waals surface area contributed by atoms with Crippen LogP contribution in [0.3, 0.4) is 0 Å². The van der Waals surface area contributed by atoms with Crippen molar-refractivity contribution in [3.63, 3.8) is 0 Å². The van der Waals surface area contributed by atoms with Crippen LogP contribution in [0.1, 0.15) is 0 Å². The summed E-state index contributed by atoms with van der Waals surface area (Å²) in [6.45, 7) is 0. The number of hydrogen-bond acceptors (Lipinski definition) is 5. The molecular formula is C18H10OS4. The van der Waals surface area contributed by atoms with E-state index in [0.717, 1.165) is 10.8 Å². The van der Waals surface area contributed by atoms with E-state index < -0.39 is 0 Å². The molecule has 112 valence electrons. The molecule has 0 saturated carbocycles. The van der Waals surface area contributed by atoms with Gasteiger partial charge in [-0.3, -0.25) is 0 Å². The van der Waals surface area contributed by atoms with E-state index in [-0.39, 0.29) is 0 Å². The smallest absolute Gasteiger partial charge is 0.148 e. The Kier molecular flexibility index (Phi) is 3.55. The van der Waals surface area contributed by atoms with Crippen molar-refractivity contribution in [3.05, 3.63) is 71.5 Å². The maximum absolute atomic E-state index is 6.16. The number of rotatable bonds is 0. The zero-order valence-corrected chi connectivity index (χ0v) is 15.1. The van der Waals surface area contributed by atoms with Crippen LogP contribution >= 0.6 is 47.0 Å². The second kappa shape index (κ2) is 5.74. The summed E-state index contributed by atoms with van der Waals surface area (Å²) in [5.41, 5.74) is 1.94. The molecular weight excluding hydrogens is 360 g/mol. The molecule has 0 aliphatic carbocycles. The third-order valence-corrected chi connectivity index (χ3v) is 8.63. The normalized spacial score (nSPS) is 15.8. The van der Waals surface area contributed by atoms with Gasteiger partial charge in [0.2, 0.25) is 0 Å². The van der Waals surface area contributed by atoms with Crippen molar-refractivity contribution in [3.8, 4) is 0 Å². The molecule has 3 heterocycles. The average Bonchev–Trinajstić information content (AvgIpc) is 3.30. The number of fused-ring (bicyclic) bond motifs is 2. The first-order chi connectivity index (χ1) is 11.4. The molecule has 2 aliphatic heterocycles. The van der Waals surface area contributed by atoms with Gasteiger partial charge in [-0.1, -0.05) is 71.3 Å². The highest BCUT2D eigenvalue weighted by molar-refractivity contribution is 8.32. The SMILES string of the molecule is c1ccc2c(c1)SC(=c1ccc(=C3Sc4ccccc4S3)o1)S2. The van der Waals surface area contributed by atoms with E-state index in [4.69, 9.17) is 4.42 Å². The standard InChI is InChI=1S/C18H10OS4/c1-2-6-14-13(5-1)20-17(21-14)11-9-10-12(19-11)18-22-15-7-3-4-8-16(15)23-18/h1-10H. The monoisotopic (exact) mass is 370 g/mol. The van der Waals surface area contributed by atoms with Crippen molar-refractivity contribution < 1.29 is 4.42 Å². The molecule has 0 unspecified atom stereocenters. The summed E-state index contributed by atoms with van der Waals surface area (Å²) in [5.74, 6) is 0. The van der Waals surface area contributed by atoms with Crippen LogP contribution in [0, 0.1) is 0 Å². The molecule has 0 amide bonds. The van der Waals surface area contributed by atoms with Crippen LogP contribution in [-0.4, -0.2) is 0 Å². The molecule has 5 heteroatoms. The summed E-state index contributed by atoms with van der Waals surface area (Å²) in [7, 11) is 0. The predicted octanol–water partition coefficient (Wildman–Crippen LogP) is 5.21. The van der Waals surface area contributed by atoms with Gasteiger partial charge in [-0.25, -0.2) is 0 Å². The minimum absolute atomic E-state index is 0.968. The summed E-state index contributed by atoms with van der Waals surface area (Å²) < 4.78 is 8.61. The Balaban J connectivity index is 1.56. The van der Waals surface area contributed by atoms with Gasteiger partial charge in [0.25, 0.3) is 0 Å². The lowest BCUT2D eigenvalue weighted by Crippen LogP contribution is -2.01. The van der Waals surface area contributed by atoms with Gasteiger partial charge in [-0.05, 0) is 36.4 Å².